The van der Waals surface area contributed by atoms with Crippen LogP contribution < -0.4 is 10.5 Å². The highest BCUT2D eigenvalue weighted by Crippen LogP contribution is 2.42. The fraction of sp³-hybridized carbons (Fsp3) is 0.357. The number of hydrogen-bond acceptors (Lipinski definition) is 4. The van der Waals surface area contributed by atoms with Crippen molar-refractivity contribution in [3.05, 3.63) is 45.9 Å². The molecule has 94 valence electrons. The summed E-state index contributed by atoms with van der Waals surface area (Å²) in [5.74, 6) is 1.54. The molecule has 3 rings (SSSR count). The maximum atomic E-state index is 5.77. The van der Waals surface area contributed by atoms with Crippen LogP contribution in [0.3, 0.4) is 0 Å². The van der Waals surface area contributed by atoms with Crippen molar-refractivity contribution in [2.24, 2.45) is 5.73 Å². The zero-order valence-electron chi connectivity index (χ0n) is 10.1. The molecule has 0 bridgehead atoms. The number of rotatable bonds is 5. The van der Waals surface area contributed by atoms with Gasteiger partial charge in [0.25, 0.3) is 0 Å². The zero-order chi connectivity index (χ0) is 12.4. The van der Waals surface area contributed by atoms with Gasteiger partial charge in [0.1, 0.15) is 17.4 Å². The summed E-state index contributed by atoms with van der Waals surface area (Å²) in [4.78, 5) is 5.90. The van der Waals surface area contributed by atoms with Crippen molar-refractivity contribution < 1.29 is 4.74 Å². The molecule has 0 unspecified atom stereocenters. The maximum Gasteiger partial charge on any atom is 0.140 e. The number of para-hydroxylation sites is 1. The second-order valence-corrected chi connectivity index (χ2v) is 5.66. The van der Waals surface area contributed by atoms with Crippen LogP contribution in [0, 0.1) is 0 Å². The molecule has 1 aromatic carbocycles. The first-order valence-electron chi connectivity index (χ1n) is 6.23. The molecule has 18 heavy (non-hydrogen) atoms. The molecule has 1 aromatic heterocycles. The van der Waals surface area contributed by atoms with Crippen molar-refractivity contribution >= 4 is 11.3 Å². The Morgan fingerprint density at radius 1 is 1.28 bits per heavy atom. The van der Waals surface area contributed by atoms with Crippen LogP contribution in [0.5, 0.6) is 5.75 Å². The van der Waals surface area contributed by atoms with E-state index in [4.69, 9.17) is 10.5 Å². The first-order valence-corrected chi connectivity index (χ1v) is 7.05. The Labute approximate surface area is 111 Å². The van der Waals surface area contributed by atoms with Crippen molar-refractivity contribution in [1.82, 2.24) is 4.98 Å². The number of aromatic nitrogens is 1. The van der Waals surface area contributed by atoms with Crippen LogP contribution in [-0.4, -0.2) is 4.98 Å². The smallest absolute Gasteiger partial charge is 0.140 e. The van der Waals surface area contributed by atoms with Gasteiger partial charge >= 0.3 is 0 Å². The molecule has 1 saturated carbocycles. The average Bonchev–Trinajstić information content (AvgIpc) is 3.18. The van der Waals surface area contributed by atoms with Gasteiger partial charge in [-0.05, 0) is 25.0 Å². The van der Waals surface area contributed by atoms with E-state index in [-0.39, 0.29) is 0 Å². The summed E-state index contributed by atoms with van der Waals surface area (Å²) in [6.45, 7) is 1.13. The van der Waals surface area contributed by atoms with Crippen molar-refractivity contribution in [3.63, 3.8) is 0 Å². The number of thiazole rings is 1. The Hall–Kier alpha value is -1.39. The lowest BCUT2D eigenvalue weighted by Crippen LogP contribution is -1.97. The number of ether oxygens (including phenoxy) is 1. The summed E-state index contributed by atoms with van der Waals surface area (Å²) < 4.78 is 5.71. The maximum absolute atomic E-state index is 5.77. The van der Waals surface area contributed by atoms with E-state index in [0.717, 1.165) is 10.8 Å². The molecule has 3 nitrogen and oxygen atoms in total. The molecule has 0 spiro atoms. The minimum Gasteiger partial charge on any atom is -0.486 e. The average molecular weight is 260 g/mol. The number of benzene rings is 1. The Morgan fingerprint density at radius 2 is 2.06 bits per heavy atom. The largest absolute Gasteiger partial charge is 0.486 e. The van der Waals surface area contributed by atoms with E-state index < -0.39 is 0 Å². The molecule has 0 radical (unpaired) electrons. The molecular formula is C14H16N2OS. The topological polar surface area (TPSA) is 48.1 Å². The van der Waals surface area contributed by atoms with E-state index in [1.54, 1.807) is 11.3 Å². The van der Waals surface area contributed by atoms with Crippen LogP contribution in [0.1, 0.15) is 34.3 Å². The van der Waals surface area contributed by atoms with Crippen LogP contribution in [0.25, 0.3) is 0 Å². The van der Waals surface area contributed by atoms with Crippen molar-refractivity contribution in [3.8, 4) is 5.75 Å². The molecule has 2 aromatic rings. The van der Waals surface area contributed by atoms with Gasteiger partial charge in [0, 0.05) is 17.3 Å². The summed E-state index contributed by atoms with van der Waals surface area (Å²) in [6.07, 6.45) is 2.52. The summed E-state index contributed by atoms with van der Waals surface area (Å²) in [7, 11) is 0. The highest BCUT2D eigenvalue weighted by atomic mass is 32.1. The predicted octanol–water partition coefficient (Wildman–Crippen LogP) is 3.06. The van der Waals surface area contributed by atoms with Gasteiger partial charge < -0.3 is 10.5 Å². The van der Waals surface area contributed by atoms with E-state index in [9.17, 15) is 0 Å². The normalized spacial score (nSPS) is 14.7. The van der Waals surface area contributed by atoms with Gasteiger partial charge in [-0.3, -0.25) is 0 Å². The van der Waals surface area contributed by atoms with Crippen molar-refractivity contribution in [2.45, 2.75) is 31.9 Å². The highest BCUT2D eigenvalue weighted by molar-refractivity contribution is 7.11. The van der Waals surface area contributed by atoms with Gasteiger partial charge in [-0.2, -0.15) is 0 Å². The van der Waals surface area contributed by atoms with Crippen LogP contribution in [0.2, 0.25) is 0 Å². The molecule has 1 heterocycles. The molecule has 1 aliphatic carbocycles. The third kappa shape index (κ3) is 2.54. The molecule has 1 fully saturated rings. The lowest BCUT2D eigenvalue weighted by Gasteiger charge is -2.02. The summed E-state index contributed by atoms with van der Waals surface area (Å²) in [5.41, 5.74) is 6.98. The quantitative estimate of drug-likeness (QED) is 0.898. The Morgan fingerprint density at radius 3 is 2.72 bits per heavy atom. The zero-order valence-corrected chi connectivity index (χ0v) is 11.0. The van der Waals surface area contributed by atoms with E-state index in [0.29, 0.717) is 19.1 Å². The van der Waals surface area contributed by atoms with Gasteiger partial charge in [-0.15, -0.1) is 11.3 Å². The van der Waals surface area contributed by atoms with Gasteiger partial charge in [0.15, 0.2) is 0 Å². The molecule has 4 heteroatoms. The summed E-state index contributed by atoms with van der Waals surface area (Å²) >= 11 is 1.69. The first-order chi connectivity index (χ1) is 8.86. The van der Waals surface area contributed by atoms with Gasteiger partial charge in [0.2, 0.25) is 0 Å². The lowest BCUT2D eigenvalue weighted by atomic mass is 10.2. The second kappa shape index (κ2) is 5.08. The van der Waals surface area contributed by atoms with E-state index in [2.05, 4.69) is 4.98 Å². The first kappa shape index (κ1) is 11.7. The minimum absolute atomic E-state index is 0.536. The number of nitrogens with two attached hydrogens (primary N) is 1. The van der Waals surface area contributed by atoms with E-state index in [1.165, 1.54) is 23.4 Å². The SMILES string of the molecule is NCc1sc(COc2ccccc2)nc1C1CC1. The number of hydrogen-bond donors (Lipinski definition) is 1. The molecule has 1 aliphatic rings. The predicted molar refractivity (Wildman–Crippen MR) is 72.8 cm³/mol. The van der Waals surface area contributed by atoms with Crippen LogP contribution in [0.15, 0.2) is 30.3 Å². The molecule has 0 amide bonds. The Bertz CT molecular complexity index is 520. The molecule has 2 N–H and O–H groups in total. The third-order valence-electron chi connectivity index (χ3n) is 3.03. The molecule has 0 saturated heterocycles. The highest BCUT2D eigenvalue weighted by Gasteiger charge is 2.29. The van der Waals surface area contributed by atoms with Crippen molar-refractivity contribution in [1.29, 1.82) is 0 Å². The van der Waals surface area contributed by atoms with Gasteiger partial charge in [-0.25, -0.2) is 4.98 Å². The Balaban J connectivity index is 1.69. The minimum atomic E-state index is 0.536. The monoisotopic (exact) mass is 260 g/mol. The third-order valence-corrected chi connectivity index (χ3v) is 4.09. The summed E-state index contributed by atoms with van der Waals surface area (Å²) in [6, 6.07) is 9.84. The van der Waals surface area contributed by atoms with E-state index in [1.807, 2.05) is 30.3 Å². The fourth-order valence-electron chi connectivity index (χ4n) is 1.96. The number of nitrogens with zero attached hydrogens (tertiary/aromatic N) is 1. The standard InChI is InChI=1S/C14H16N2OS/c15-8-12-14(10-6-7-10)16-13(18-12)9-17-11-4-2-1-3-5-11/h1-5,10H,6-9,15H2. The molecule has 0 aliphatic heterocycles. The van der Waals surface area contributed by atoms with E-state index >= 15 is 0 Å². The van der Waals surface area contributed by atoms with Crippen LogP contribution >= 0.6 is 11.3 Å². The van der Waals surface area contributed by atoms with Crippen LogP contribution in [0.4, 0.5) is 0 Å². The van der Waals surface area contributed by atoms with Gasteiger partial charge in [-0.1, -0.05) is 18.2 Å². The molecule has 0 atom stereocenters. The Kier molecular flexibility index (Phi) is 3.30. The molecular weight excluding hydrogens is 244 g/mol. The lowest BCUT2D eigenvalue weighted by molar-refractivity contribution is 0.305. The summed E-state index contributed by atoms with van der Waals surface area (Å²) in [5, 5.41) is 1.03. The fourth-order valence-corrected chi connectivity index (χ4v) is 2.91. The van der Waals surface area contributed by atoms with Gasteiger partial charge in [0.05, 0.1) is 5.69 Å². The van der Waals surface area contributed by atoms with Crippen molar-refractivity contribution in [2.75, 3.05) is 0 Å². The second-order valence-electron chi connectivity index (χ2n) is 4.50. The van der Waals surface area contributed by atoms with Crippen LogP contribution in [-0.2, 0) is 13.2 Å².